The number of hydrogen-bond donors (Lipinski definition) is 1. The van der Waals surface area contributed by atoms with Crippen LogP contribution in [0.15, 0.2) is 48.5 Å². The average molecular weight is 413 g/mol. The molecule has 0 aliphatic carbocycles. The molecule has 6 heteroatoms. The minimum absolute atomic E-state index is 0.153. The second kappa shape index (κ2) is 11.2. The van der Waals surface area contributed by atoms with Crippen molar-refractivity contribution >= 4 is 11.8 Å². The molecule has 1 N–H and O–H groups in total. The Hall–Kier alpha value is -3.02. The molecule has 2 rings (SSSR count). The third-order valence-electron chi connectivity index (χ3n) is 4.75. The summed E-state index contributed by atoms with van der Waals surface area (Å²) in [4.78, 5) is 27.2. The molecule has 30 heavy (non-hydrogen) atoms. The van der Waals surface area contributed by atoms with Gasteiger partial charge in [-0.15, -0.1) is 0 Å². The number of carbonyl (C=O) groups is 2. The van der Waals surface area contributed by atoms with Crippen LogP contribution in [0.25, 0.3) is 0 Å². The van der Waals surface area contributed by atoms with Crippen molar-refractivity contribution in [2.75, 3.05) is 20.3 Å². The van der Waals surface area contributed by atoms with Crippen LogP contribution in [-0.4, -0.2) is 43.0 Å². The number of rotatable bonds is 10. The molecule has 0 bridgehead atoms. The van der Waals surface area contributed by atoms with Crippen LogP contribution in [-0.2, 0) is 16.1 Å². The van der Waals surface area contributed by atoms with Crippen LogP contribution in [0.3, 0.4) is 0 Å². The Morgan fingerprint density at radius 1 is 0.967 bits per heavy atom. The number of hydrogen-bond acceptors (Lipinski definition) is 4. The van der Waals surface area contributed by atoms with Gasteiger partial charge >= 0.3 is 0 Å². The van der Waals surface area contributed by atoms with E-state index >= 15 is 0 Å². The van der Waals surface area contributed by atoms with E-state index in [4.69, 9.17) is 9.47 Å². The van der Waals surface area contributed by atoms with Crippen LogP contribution in [0.2, 0.25) is 0 Å². The van der Waals surface area contributed by atoms with Crippen molar-refractivity contribution in [3.63, 3.8) is 0 Å². The van der Waals surface area contributed by atoms with Crippen molar-refractivity contribution in [3.05, 3.63) is 59.7 Å². The molecule has 2 aromatic rings. The molecule has 0 aliphatic heterocycles. The first-order valence-corrected chi connectivity index (χ1v) is 10.2. The van der Waals surface area contributed by atoms with Crippen molar-refractivity contribution in [1.29, 1.82) is 0 Å². The van der Waals surface area contributed by atoms with Gasteiger partial charge < -0.3 is 19.7 Å². The van der Waals surface area contributed by atoms with E-state index < -0.39 is 6.04 Å². The third-order valence-corrected chi connectivity index (χ3v) is 4.75. The van der Waals surface area contributed by atoms with E-state index in [2.05, 4.69) is 5.32 Å². The highest BCUT2D eigenvalue weighted by Gasteiger charge is 2.26. The summed E-state index contributed by atoms with van der Waals surface area (Å²) in [6, 6.07) is 14.3. The smallest absolute Gasteiger partial charge is 0.261 e. The molecular weight excluding hydrogens is 380 g/mol. The fourth-order valence-corrected chi connectivity index (χ4v) is 2.83. The molecule has 0 fully saturated rings. The largest absolute Gasteiger partial charge is 0.497 e. The van der Waals surface area contributed by atoms with Gasteiger partial charge in [-0.2, -0.15) is 0 Å². The molecule has 0 saturated heterocycles. The number of benzene rings is 2. The Bertz CT molecular complexity index is 816. The second-order valence-corrected chi connectivity index (χ2v) is 7.79. The molecular formula is C24H32N2O4. The van der Waals surface area contributed by atoms with E-state index in [1.54, 1.807) is 43.2 Å². The molecule has 2 aromatic carbocycles. The summed E-state index contributed by atoms with van der Waals surface area (Å²) in [6.45, 7) is 8.57. The Balaban J connectivity index is 2.10. The minimum Gasteiger partial charge on any atom is -0.497 e. The topological polar surface area (TPSA) is 67.9 Å². The summed E-state index contributed by atoms with van der Waals surface area (Å²) >= 11 is 0. The van der Waals surface area contributed by atoms with Gasteiger partial charge in [-0.3, -0.25) is 9.59 Å². The predicted molar refractivity (Wildman–Crippen MR) is 118 cm³/mol. The van der Waals surface area contributed by atoms with Crippen molar-refractivity contribution < 1.29 is 19.1 Å². The number of aryl methyl sites for hydroxylation is 1. The van der Waals surface area contributed by atoms with Crippen LogP contribution in [0.1, 0.15) is 31.9 Å². The van der Waals surface area contributed by atoms with Crippen LogP contribution >= 0.6 is 0 Å². The first-order chi connectivity index (χ1) is 14.3. The molecule has 0 aliphatic rings. The zero-order valence-electron chi connectivity index (χ0n) is 18.5. The van der Waals surface area contributed by atoms with Crippen molar-refractivity contribution in [2.24, 2.45) is 5.92 Å². The summed E-state index contributed by atoms with van der Waals surface area (Å²) in [5.74, 6) is 1.19. The van der Waals surface area contributed by atoms with E-state index in [9.17, 15) is 9.59 Å². The maximum Gasteiger partial charge on any atom is 0.261 e. The quantitative estimate of drug-likeness (QED) is 0.648. The molecule has 0 saturated carbocycles. The first-order valence-electron chi connectivity index (χ1n) is 10.2. The number of nitrogens with one attached hydrogen (secondary N) is 1. The molecule has 162 valence electrons. The molecule has 0 spiro atoms. The highest BCUT2D eigenvalue weighted by atomic mass is 16.5. The Kier molecular flexibility index (Phi) is 8.71. The summed E-state index contributed by atoms with van der Waals surface area (Å²) in [5, 5.41) is 2.91. The molecule has 0 unspecified atom stereocenters. The highest BCUT2D eigenvalue weighted by molar-refractivity contribution is 5.87. The van der Waals surface area contributed by atoms with Crippen molar-refractivity contribution in [2.45, 2.75) is 40.3 Å². The molecule has 2 amide bonds. The number of carbonyl (C=O) groups excluding carboxylic acids is 2. The van der Waals surface area contributed by atoms with Gasteiger partial charge in [0.2, 0.25) is 5.91 Å². The number of nitrogens with zero attached hydrogens (tertiary/aromatic N) is 1. The van der Waals surface area contributed by atoms with E-state index in [0.29, 0.717) is 30.5 Å². The van der Waals surface area contributed by atoms with E-state index in [1.807, 2.05) is 45.0 Å². The average Bonchev–Trinajstić information content (AvgIpc) is 2.75. The molecule has 0 heterocycles. The summed E-state index contributed by atoms with van der Waals surface area (Å²) in [7, 11) is 1.59. The van der Waals surface area contributed by atoms with Crippen molar-refractivity contribution in [1.82, 2.24) is 10.2 Å². The number of methoxy groups -OCH3 is 1. The van der Waals surface area contributed by atoms with Crippen molar-refractivity contribution in [3.8, 4) is 11.5 Å². The molecule has 1 atom stereocenters. The van der Waals surface area contributed by atoms with Gasteiger partial charge in [0.05, 0.1) is 7.11 Å². The normalized spacial score (nSPS) is 11.7. The lowest BCUT2D eigenvalue weighted by Gasteiger charge is -2.29. The Labute approximate surface area is 179 Å². The summed E-state index contributed by atoms with van der Waals surface area (Å²) in [6.07, 6.45) is 0. The van der Waals surface area contributed by atoms with Crippen LogP contribution in [0.5, 0.6) is 11.5 Å². The minimum atomic E-state index is -0.614. The standard InChI is InChI=1S/C24H32N2O4/c1-17(2)14-25-24(28)19(4)26(15-20-8-6-18(3)7-9-20)23(27)16-30-22-12-10-21(29-5)11-13-22/h6-13,17,19H,14-16H2,1-5H3,(H,25,28)/t19-/m0/s1. The zero-order chi connectivity index (χ0) is 22.1. The van der Waals surface area contributed by atoms with E-state index in [-0.39, 0.29) is 18.4 Å². The molecule has 0 aromatic heterocycles. The highest BCUT2D eigenvalue weighted by Crippen LogP contribution is 2.18. The van der Waals surface area contributed by atoms with Gasteiger partial charge in [0.1, 0.15) is 17.5 Å². The van der Waals surface area contributed by atoms with Gasteiger partial charge in [-0.25, -0.2) is 0 Å². The van der Waals surface area contributed by atoms with Gasteiger partial charge in [0.25, 0.3) is 5.91 Å². The van der Waals surface area contributed by atoms with E-state index in [1.165, 1.54) is 0 Å². The monoisotopic (exact) mass is 412 g/mol. The second-order valence-electron chi connectivity index (χ2n) is 7.79. The summed E-state index contributed by atoms with van der Waals surface area (Å²) < 4.78 is 10.8. The molecule has 0 radical (unpaired) electrons. The van der Waals surface area contributed by atoms with Crippen LogP contribution in [0, 0.1) is 12.8 Å². The predicted octanol–water partition coefficient (Wildman–Crippen LogP) is 3.57. The third kappa shape index (κ3) is 7.10. The lowest BCUT2D eigenvalue weighted by Crippen LogP contribution is -2.49. The number of amides is 2. The lowest BCUT2D eigenvalue weighted by molar-refractivity contribution is -0.142. The Morgan fingerprint density at radius 2 is 1.57 bits per heavy atom. The Morgan fingerprint density at radius 3 is 2.13 bits per heavy atom. The SMILES string of the molecule is COc1ccc(OCC(=O)N(Cc2ccc(C)cc2)[C@@H](C)C(=O)NCC(C)C)cc1. The van der Waals surface area contributed by atoms with Gasteiger partial charge in [0.15, 0.2) is 6.61 Å². The maximum absolute atomic E-state index is 13.0. The maximum atomic E-state index is 13.0. The fourth-order valence-electron chi connectivity index (χ4n) is 2.83. The number of ether oxygens (including phenoxy) is 2. The fraction of sp³-hybridized carbons (Fsp3) is 0.417. The van der Waals surface area contributed by atoms with Crippen LogP contribution < -0.4 is 14.8 Å². The zero-order valence-corrected chi connectivity index (χ0v) is 18.5. The van der Waals surface area contributed by atoms with Gasteiger partial charge in [0, 0.05) is 13.1 Å². The first kappa shape index (κ1) is 23.3. The summed E-state index contributed by atoms with van der Waals surface area (Å²) in [5.41, 5.74) is 2.10. The van der Waals surface area contributed by atoms with Gasteiger partial charge in [-0.05, 0) is 49.6 Å². The van der Waals surface area contributed by atoms with Crippen LogP contribution in [0.4, 0.5) is 0 Å². The lowest BCUT2D eigenvalue weighted by atomic mass is 10.1. The molecule has 6 nitrogen and oxygen atoms in total. The van der Waals surface area contributed by atoms with E-state index in [0.717, 1.165) is 11.1 Å². The van der Waals surface area contributed by atoms with Gasteiger partial charge in [-0.1, -0.05) is 43.7 Å².